The van der Waals surface area contributed by atoms with Gasteiger partial charge >= 0.3 is 0 Å². The van der Waals surface area contributed by atoms with E-state index in [4.69, 9.17) is 20.8 Å². The van der Waals surface area contributed by atoms with Crippen LogP contribution in [0.2, 0.25) is 5.02 Å². The fraction of sp³-hybridized carbons (Fsp3) is 0.278. The van der Waals surface area contributed by atoms with Crippen LogP contribution >= 0.6 is 11.6 Å². The summed E-state index contributed by atoms with van der Waals surface area (Å²) < 4.78 is 11.5. The second-order valence-corrected chi connectivity index (χ2v) is 6.46. The van der Waals surface area contributed by atoms with Gasteiger partial charge in [0.2, 0.25) is 5.89 Å². The fourth-order valence-corrected chi connectivity index (χ4v) is 3.10. The van der Waals surface area contributed by atoms with Crippen molar-refractivity contribution in [1.82, 2.24) is 10.3 Å². The maximum Gasteiger partial charge on any atom is 0.227 e. The summed E-state index contributed by atoms with van der Waals surface area (Å²) in [6.07, 6.45) is 0. The SMILES string of the molecule is CC1(c2cccc(-c3nc4cc(Cl)ccc4o3)c2)COCCN1. The number of rotatable bonds is 2. The minimum absolute atomic E-state index is 0.191. The minimum atomic E-state index is -0.191. The zero-order valence-corrected chi connectivity index (χ0v) is 13.6. The Labute approximate surface area is 139 Å². The molecule has 0 bridgehead atoms. The molecule has 1 N–H and O–H groups in total. The van der Waals surface area contributed by atoms with Crippen LogP contribution in [-0.2, 0) is 10.3 Å². The second-order valence-electron chi connectivity index (χ2n) is 6.02. The van der Waals surface area contributed by atoms with Crippen LogP contribution in [0, 0.1) is 0 Å². The Kier molecular flexibility index (Phi) is 3.60. The van der Waals surface area contributed by atoms with E-state index in [1.54, 1.807) is 6.07 Å². The monoisotopic (exact) mass is 328 g/mol. The summed E-state index contributed by atoms with van der Waals surface area (Å²) >= 11 is 6.02. The Morgan fingerprint density at radius 1 is 1.22 bits per heavy atom. The average Bonchev–Trinajstić information content (AvgIpc) is 2.99. The van der Waals surface area contributed by atoms with Crippen LogP contribution in [0.25, 0.3) is 22.6 Å². The van der Waals surface area contributed by atoms with E-state index in [0.29, 0.717) is 17.5 Å². The summed E-state index contributed by atoms with van der Waals surface area (Å²) in [6, 6.07) is 13.7. The number of nitrogens with one attached hydrogen (secondary N) is 1. The molecule has 3 aromatic rings. The first-order chi connectivity index (χ1) is 11.1. The van der Waals surface area contributed by atoms with Crippen molar-refractivity contribution in [2.24, 2.45) is 0 Å². The first-order valence-corrected chi connectivity index (χ1v) is 8.02. The molecule has 23 heavy (non-hydrogen) atoms. The van der Waals surface area contributed by atoms with Gasteiger partial charge in [0.15, 0.2) is 5.58 Å². The number of fused-ring (bicyclic) bond motifs is 1. The lowest BCUT2D eigenvalue weighted by molar-refractivity contribution is 0.0339. The van der Waals surface area contributed by atoms with Gasteiger partial charge in [-0.15, -0.1) is 0 Å². The molecule has 2 heterocycles. The molecule has 0 radical (unpaired) electrons. The Hall–Kier alpha value is -1.88. The lowest BCUT2D eigenvalue weighted by Gasteiger charge is -2.35. The predicted molar refractivity (Wildman–Crippen MR) is 90.6 cm³/mol. The Balaban J connectivity index is 1.75. The molecule has 2 aromatic carbocycles. The highest BCUT2D eigenvalue weighted by Gasteiger charge is 2.29. The van der Waals surface area contributed by atoms with E-state index in [1.165, 1.54) is 0 Å². The van der Waals surface area contributed by atoms with Gasteiger partial charge < -0.3 is 14.5 Å². The van der Waals surface area contributed by atoms with E-state index < -0.39 is 0 Å². The smallest absolute Gasteiger partial charge is 0.227 e. The molecule has 0 aliphatic carbocycles. The third-order valence-electron chi connectivity index (χ3n) is 4.25. The number of ether oxygens (including phenoxy) is 1. The summed E-state index contributed by atoms with van der Waals surface area (Å²) in [5.74, 6) is 0.601. The van der Waals surface area contributed by atoms with E-state index in [1.807, 2.05) is 24.3 Å². The average molecular weight is 329 g/mol. The van der Waals surface area contributed by atoms with E-state index >= 15 is 0 Å². The van der Waals surface area contributed by atoms with Crippen LogP contribution < -0.4 is 5.32 Å². The van der Waals surface area contributed by atoms with E-state index in [9.17, 15) is 0 Å². The van der Waals surface area contributed by atoms with Crippen LogP contribution in [0.15, 0.2) is 46.9 Å². The molecule has 0 saturated carbocycles. The van der Waals surface area contributed by atoms with Gasteiger partial charge in [-0.25, -0.2) is 4.98 Å². The maximum absolute atomic E-state index is 6.02. The molecule has 4 rings (SSSR count). The molecule has 1 unspecified atom stereocenters. The molecular weight excluding hydrogens is 312 g/mol. The van der Waals surface area contributed by atoms with Gasteiger partial charge in [-0.2, -0.15) is 0 Å². The van der Waals surface area contributed by atoms with Gasteiger partial charge in [-0.05, 0) is 42.8 Å². The molecule has 118 valence electrons. The molecule has 0 amide bonds. The Morgan fingerprint density at radius 3 is 2.96 bits per heavy atom. The number of nitrogens with zero attached hydrogens (tertiary/aromatic N) is 1. The molecule has 0 spiro atoms. The van der Waals surface area contributed by atoms with Gasteiger partial charge in [-0.3, -0.25) is 0 Å². The van der Waals surface area contributed by atoms with Crippen molar-refractivity contribution >= 4 is 22.7 Å². The number of halogens is 1. The number of benzene rings is 2. The molecule has 1 aromatic heterocycles. The number of hydrogen-bond donors (Lipinski definition) is 1. The van der Waals surface area contributed by atoms with Gasteiger partial charge in [0.1, 0.15) is 5.52 Å². The number of morpholine rings is 1. The topological polar surface area (TPSA) is 47.3 Å². The zero-order chi connectivity index (χ0) is 15.9. The molecule has 4 nitrogen and oxygen atoms in total. The highest BCUT2D eigenvalue weighted by atomic mass is 35.5. The third kappa shape index (κ3) is 2.74. The summed E-state index contributed by atoms with van der Waals surface area (Å²) in [4.78, 5) is 4.55. The van der Waals surface area contributed by atoms with Crippen LogP contribution in [-0.4, -0.2) is 24.7 Å². The standard InChI is InChI=1S/C18H17ClN2O2/c1-18(11-22-8-7-20-18)13-4-2-3-12(9-13)17-21-15-10-14(19)5-6-16(15)23-17/h2-6,9-10,20H,7-8,11H2,1H3. The quantitative estimate of drug-likeness (QED) is 0.773. The molecule has 1 saturated heterocycles. The summed E-state index contributed by atoms with van der Waals surface area (Å²) in [7, 11) is 0. The highest BCUT2D eigenvalue weighted by molar-refractivity contribution is 6.31. The van der Waals surface area contributed by atoms with E-state index in [-0.39, 0.29) is 5.54 Å². The number of hydrogen-bond acceptors (Lipinski definition) is 4. The molecule has 1 fully saturated rings. The molecule has 5 heteroatoms. The predicted octanol–water partition coefficient (Wildman–Crippen LogP) is 3.98. The van der Waals surface area contributed by atoms with Gasteiger partial charge in [0, 0.05) is 17.1 Å². The summed E-state index contributed by atoms with van der Waals surface area (Å²) in [5, 5.41) is 4.19. The third-order valence-corrected chi connectivity index (χ3v) is 4.48. The lowest BCUT2D eigenvalue weighted by Crippen LogP contribution is -2.49. The van der Waals surface area contributed by atoms with Crippen LogP contribution in [0.1, 0.15) is 12.5 Å². The van der Waals surface area contributed by atoms with Crippen molar-refractivity contribution in [3.8, 4) is 11.5 Å². The summed E-state index contributed by atoms with van der Waals surface area (Å²) in [6.45, 7) is 4.40. The van der Waals surface area contributed by atoms with Crippen LogP contribution in [0.5, 0.6) is 0 Å². The van der Waals surface area contributed by atoms with Crippen molar-refractivity contribution in [3.05, 3.63) is 53.1 Å². The Bertz CT molecular complexity index is 853. The van der Waals surface area contributed by atoms with E-state index in [2.05, 4.69) is 29.4 Å². The van der Waals surface area contributed by atoms with Crippen molar-refractivity contribution in [2.75, 3.05) is 19.8 Å². The van der Waals surface area contributed by atoms with Gasteiger partial charge in [0.25, 0.3) is 0 Å². The molecule has 1 atom stereocenters. The summed E-state index contributed by atoms with van der Waals surface area (Å²) in [5.41, 5.74) is 3.42. The highest BCUT2D eigenvalue weighted by Crippen LogP contribution is 2.30. The maximum atomic E-state index is 6.02. The van der Waals surface area contributed by atoms with Crippen molar-refractivity contribution < 1.29 is 9.15 Å². The molecule has 1 aliphatic heterocycles. The van der Waals surface area contributed by atoms with E-state index in [0.717, 1.165) is 35.4 Å². The minimum Gasteiger partial charge on any atom is -0.436 e. The first-order valence-electron chi connectivity index (χ1n) is 7.64. The number of aromatic nitrogens is 1. The van der Waals surface area contributed by atoms with Gasteiger partial charge in [0.05, 0.1) is 18.8 Å². The Morgan fingerprint density at radius 2 is 2.13 bits per heavy atom. The fourth-order valence-electron chi connectivity index (χ4n) is 2.93. The lowest BCUT2D eigenvalue weighted by atomic mass is 9.90. The van der Waals surface area contributed by atoms with Crippen molar-refractivity contribution in [3.63, 3.8) is 0 Å². The molecule has 1 aliphatic rings. The largest absolute Gasteiger partial charge is 0.436 e. The zero-order valence-electron chi connectivity index (χ0n) is 12.8. The molecular formula is C18H17ClN2O2. The first kappa shape index (κ1) is 14.7. The van der Waals surface area contributed by atoms with Crippen molar-refractivity contribution in [1.29, 1.82) is 0 Å². The van der Waals surface area contributed by atoms with Crippen molar-refractivity contribution in [2.45, 2.75) is 12.5 Å². The van der Waals surface area contributed by atoms with Crippen LogP contribution in [0.3, 0.4) is 0 Å². The normalized spacial score (nSPS) is 21.7. The second kappa shape index (κ2) is 5.64. The number of oxazole rings is 1. The van der Waals surface area contributed by atoms with Gasteiger partial charge in [-0.1, -0.05) is 23.7 Å². The van der Waals surface area contributed by atoms with Crippen LogP contribution in [0.4, 0.5) is 0 Å².